The van der Waals surface area contributed by atoms with Crippen LogP contribution in [0.4, 0.5) is 0 Å². The van der Waals surface area contributed by atoms with Crippen molar-refractivity contribution >= 4 is 0 Å². The van der Waals surface area contributed by atoms with E-state index in [0.717, 1.165) is 38.6 Å². The maximum absolute atomic E-state index is 9.69. The Hall–Kier alpha value is -0.120. The van der Waals surface area contributed by atoms with Gasteiger partial charge in [0, 0.05) is 24.6 Å². The lowest BCUT2D eigenvalue weighted by molar-refractivity contribution is 0.104. The molecule has 0 aliphatic heterocycles. The smallest absolute Gasteiger partial charge is 0.0693 e. The third kappa shape index (κ3) is 2.52. The van der Waals surface area contributed by atoms with E-state index in [1.54, 1.807) is 0 Å². The highest BCUT2D eigenvalue weighted by molar-refractivity contribution is 4.90. The van der Waals surface area contributed by atoms with Crippen LogP contribution in [0.1, 0.15) is 44.9 Å². The van der Waals surface area contributed by atoms with Gasteiger partial charge in [-0.15, -0.1) is 0 Å². The van der Waals surface area contributed by atoms with Crippen LogP contribution in [-0.4, -0.2) is 35.5 Å². The summed E-state index contributed by atoms with van der Waals surface area (Å²) < 4.78 is 0. The van der Waals surface area contributed by atoms with Crippen molar-refractivity contribution < 1.29 is 10.2 Å². The Bertz CT molecular complexity index is 202. The molecule has 2 rings (SSSR count). The maximum Gasteiger partial charge on any atom is 0.0693 e. The van der Waals surface area contributed by atoms with E-state index in [9.17, 15) is 10.2 Å². The summed E-state index contributed by atoms with van der Waals surface area (Å²) >= 11 is 0. The van der Waals surface area contributed by atoms with Gasteiger partial charge in [0.15, 0.2) is 0 Å². The molecule has 2 fully saturated rings. The van der Waals surface area contributed by atoms with Gasteiger partial charge in [-0.2, -0.15) is 0 Å². The first kappa shape index (κ1) is 11.4. The van der Waals surface area contributed by atoms with E-state index in [4.69, 9.17) is 0 Å². The molecule has 2 aliphatic carbocycles. The first-order valence-corrected chi connectivity index (χ1v) is 6.28. The van der Waals surface area contributed by atoms with E-state index < -0.39 is 0 Å². The summed E-state index contributed by atoms with van der Waals surface area (Å²) in [6, 6.07) is 0.272. The average molecular weight is 213 g/mol. The zero-order chi connectivity index (χ0) is 10.7. The minimum atomic E-state index is -0.165. The van der Waals surface area contributed by atoms with Crippen molar-refractivity contribution in [2.75, 3.05) is 13.2 Å². The van der Waals surface area contributed by atoms with Crippen LogP contribution in [0.5, 0.6) is 0 Å². The lowest BCUT2D eigenvalue weighted by Gasteiger charge is -2.29. The number of rotatable bonds is 4. The topological polar surface area (TPSA) is 52.5 Å². The molecule has 0 radical (unpaired) electrons. The van der Waals surface area contributed by atoms with Crippen LogP contribution < -0.4 is 5.32 Å². The summed E-state index contributed by atoms with van der Waals surface area (Å²) in [5.74, 6) is 0. The fourth-order valence-corrected chi connectivity index (χ4v) is 3.04. The van der Waals surface area contributed by atoms with Crippen molar-refractivity contribution in [1.29, 1.82) is 0 Å². The molecule has 0 bridgehead atoms. The second-order valence-electron chi connectivity index (χ2n) is 5.35. The first-order valence-electron chi connectivity index (χ1n) is 6.28. The Morgan fingerprint density at radius 2 is 1.87 bits per heavy atom. The number of hydrogen-bond donors (Lipinski definition) is 3. The summed E-state index contributed by atoms with van der Waals surface area (Å²) in [4.78, 5) is 0. The van der Waals surface area contributed by atoms with Crippen LogP contribution in [0.3, 0.4) is 0 Å². The van der Waals surface area contributed by atoms with Gasteiger partial charge in [0.25, 0.3) is 0 Å². The van der Waals surface area contributed by atoms with Gasteiger partial charge >= 0.3 is 0 Å². The number of hydrogen-bond acceptors (Lipinski definition) is 3. The quantitative estimate of drug-likeness (QED) is 0.654. The Labute approximate surface area is 91.9 Å². The van der Waals surface area contributed by atoms with Crippen LogP contribution in [0.15, 0.2) is 0 Å². The average Bonchev–Trinajstić information content (AvgIpc) is 2.85. The molecular formula is C12H23NO2. The second kappa shape index (κ2) is 4.81. The van der Waals surface area contributed by atoms with Crippen molar-refractivity contribution in [3.63, 3.8) is 0 Å². The van der Waals surface area contributed by atoms with Gasteiger partial charge in [0.05, 0.1) is 6.10 Å². The molecule has 2 atom stereocenters. The highest BCUT2D eigenvalue weighted by Crippen LogP contribution is 2.37. The highest BCUT2D eigenvalue weighted by Gasteiger charge is 2.35. The van der Waals surface area contributed by atoms with Crippen LogP contribution >= 0.6 is 0 Å². The highest BCUT2D eigenvalue weighted by atomic mass is 16.3. The monoisotopic (exact) mass is 213 g/mol. The van der Waals surface area contributed by atoms with Gasteiger partial charge in [-0.3, -0.25) is 0 Å². The zero-order valence-corrected chi connectivity index (χ0v) is 9.41. The normalized spacial score (nSPS) is 34.8. The molecule has 0 aromatic rings. The number of nitrogens with one attached hydrogen (secondary N) is 1. The lowest BCUT2D eigenvalue weighted by Crippen LogP contribution is -2.43. The molecule has 0 aromatic carbocycles. The molecule has 0 spiro atoms. The van der Waals surface area contributed by atoms with Crippen LogP contribution in [0, 0.1) is 5.41 Å². The fourth-order valence-electron chi connectivity index (χ4n) is 3.04. The third-order valence-electron chi connectivity index (χ3n) is 4.22. The molecule has 0 unspecified atom stereocenters. The summed E-state index contributed by atoms with van der Waals surface area (Å²) in [7, 11) is 0. The van der Waals surface area contributed by atoms with E-state index in [2.05, 4.69) is 5.32 Å². The van der Waals surface area contributed by atoms with E-state index in [0.29, 0.717) is 6.61 Å². The molecule has 2 aliphatic rings. The Morgan fingerprint density at radius 3 is 2.40 bits per heavy atom. The standard InChI is InChI=1S/C12H23NO2/c14-9-12(6-1-2-7-12)8-13-10-4-3-5-11(10)15/h10-11,13-15H,1-9H2/t10-,11-/m0/s1. The Morgan fingerprint density at radius 1 is 1.13 bits per heavy atom. The Kier molecular flexibility index (Phi) is 3.65. The van der Waals surface area contributed by atoms with Crippen LogP contribution in [0.2, 0.25) is 0 Å². The molecule has 88 valence electrons. The van der Waals surface area contributed by atoms with Crippen LogP contribution in [0.25, 0.3) is 0 Å². The van der Waals surface area contributed by atoms with Crippen molar-refractivity contribution in [2.45, 2.75) is 57.1 Å². The predicted octanol–water partition coefficient (Wildman–Crippen LogP) is 1.04. The third-order valence-corrected chi connectivity index (χ3v) is 4.22. The molecule has 3 nitrogen and oxygen atoms in total. The molecule has 0 aromatic heterocycles. The lowest BCUT2D eigenvalue weighted by atomic mass is 9.87. The fraction of sp³-hybridized carbons (Fsp3) is 1.00. The van der Waals surface area contributed by atoms with E-state index in [1.807, 2.05) is 0 Å². The van der Waals surface area contributed by atoms with Gasteiger partial charge in [-0.05, 0) is 32.1 Å². The molecule has 3 heteroatoms. The van der Waals surface area contributed by atoms with E-state index in [1.165, 1.54) is 12.8 Å². The van der Waals surface area contributed by atoms with Gasteiger partial charge in [-0.25, -0.2) is 0 Å². The van der Waals surface area contributed by atoms with Crippen molar-refractivity contribution in [2.24, 2.45) is 5.41 Å². The molecule has 15 heavy (non-hydrogen) atoms. The van der Waals surface area contributed by atoms with E-state index >= 15 is 0 Å². The number of aliphatic hydroxyl groups is 2. The van der Waals surface area contributed by atoms with Gasteiger partial charge in [-0.1, -0.05) is 12.8 Å². The predicted molar refractivity (Wildman–Crippen MR) is 59.6 cm³/mol. The minimum absolute atomic E-state index is 0.113. The van der Waals surface area contributed by atoms with Crippen LogP contribution in [-0.2, 0) is 0 Å². The van der Waals surface area contributed by atoms with Crippen molar-refractivity contribution in [3.05, 3.63) is 0 Å². The van der Waals surface area contributed by atoms with E-state index in [-0.39, 0.29) is 17.6 Å². The van der Waals surface area contributed by atoms with Crippen molar-refractivity contribution in [1.82, 2.24) is 5.32 Å². The largest absolute Gasteiger partial charge is 0.396 e. The second-order valence-corrected chi connectivity index (χ2v) is 5.35. The molecule has 0 saturated heterocycles. The molecular weight excluding hydrogens is 190 g/mol. The van der Waals surface area contributed by atoms with Gasteiger partial charge in [0.2, 0.25) is 0 Å². The number of aliphatic hydroxyl groups excluding tert-OH is 2. The van der Waals surface area contributed by atoms with Gasteiger partial charge < -0.3 is 15.5 Å². The SMILES string of the molecule is OCC1(CN[C@H]2CCC[C@@H]2O)CCCC1. The summed E-state index contributed by atoms with van der Waals surface area (Å²) in [6.45, 7) is 1.17. The molecule has 0 heterocycles. The Balaban J connectivity index is 1.80. The summed E-state index contributed by atoms with van der Waals surface area (Å²) in [6.07, 6.45) is 7.75. The van der Waals surface area contributed by atoms with Gasteiger partial charge in [0.1, 0.15) is 0 Å². The van der Waals surface area contributed by atoms with Crippen molar-refractivity contribution in [3.8, 4) is 0 Å². The molecule has 3 N–H and O–H groups in total. The maximum atomic E-state index is 9.69. The minimum Gasteiger partial charge on any atom is -0.396 e. The summed E-state index contributed by atoms with van der Waals surface area (Å²) in [5.41, 5.74) is 0.113. The first-order chi connectivity index (χ1) is 7.26. The summed E-state index contributed by atoms with van der Waals surface area (Å²) in [5, 5.41) is 22.6. The molecule has 0 amide bonds. The molecule has 2 saturated carbocycles. The zero-order valence-electron chi connectivity index (χ0n) is 9.41.